The van der Waals surface area contributed by atoms with Crippen LogP contribution in [-0.4, -0.2) is 25.0 Å². The highest BCUT2D eigenvalue weighted by atomic mass is 19.1. The van der Waals surface area contributed by atoms with Crippen molar-refractivity contribution < 1.29 is 13.6 Å². The summed E-state index contributed by atoms with van der Waals surface area (Å²) in [5.41, 5.74) is 2.63. The fourth-order valence-corrected chi connectivity index (χ4v) is 2.82. The van der Waals surface area contributed by atoms with Crippen molar-refractivity contribution >= 4 is 17.6 Å². The van der Waals surface area contributed by atoms with E-state index in [1.54, 1.807) is 18.2 Å². The fraction of sp³-hybridized carbons (Fsp3) is 0.217. The SMILES string of the molecule is CCNC(=NCc1ccc(NC(=O)c2ccco2)cc1)NCCc1cccc(F)c1. The molecule has 3 N–H and O–H groups in total. The third kappa shape index (κ3) is 6.48. The van der Waals surface area contributed by atoms with Crippen molar-refractivity contribution in [2.24, 2.45) is 4.99 Å². The van der Waals surface area contributed by atoms with Gasteiger partial charge in [0.1, 0.15) is 5.82 Å². The van der Waals surface area contributed by atoms with Crippen molar-refractivity contribution in [3.63, 3.8) is 0 Å². The van der Waals surface area contributed by atoms with E-state index in [9.17, 15) is 9.18 Å². The zero-order valence-electron chi connectivity index (χ0n) is 16.8. The molecule has 1 amide bonds. The lowest BCUT2D eigenvalue weighted by Crippen LogP contribution is -2.38. The Morgan fingerprint density at radius 3 is 2.57 bits per heavy atom. The second kappa shape index (κ2) is 10.8. The molecular formula is C23H25FN4O2. The van der Waals surface area contributed by atoms with Gasteiger partial charge in [0.15, 0.2) is 11.7 Å². The molecule has 0 spiro atoms. The Kier molecular flexibility index (Phi) is 7.60. The van der Waals surface area contributed by atoms with Gasteiger partial charge in [-0.3, -0.25) is 4.79 Å². The van der Waals surface area contributed by atoms with E-state index in [1.165, 1.54) is 18.4 Å². The largest absolute Gasteiger partial charge is 0.459 e. The Morgan fingerprint density at radius 1 is 1.03 bits per heavy atom. The highest BCUT2D eigenvalue weighted by Crippen LogP contribution is 2.12. The smallest absolute Gasteiger partial charge is 0.291 e. The van der Waals surface area contributed by atoms with Crippen molar-refractivity contribution in [2.75, 3.05) is 18.4 Å². The van der Waals surface area contributed by atoms with Crippen LogP contribution in [0, 0.1) is 5.82 Å². The Morgan fingerprint density at radius 2 is 1.87 bits per heavy atom. The van der Waals surface area contributed by atoms with Gasteiger partial charge in [0.2, 0.25) is 0 Å². The first-order valence-corrected chi connectivity index (χ1v) is 9.84. The van der Waals surface area contributed by atoms with E-state index in [0.29, 0.717) is 31.2 Å². The van der Waals surface area contributed by atoms with Crippen LogP contribution in [0.15, 0.2) is 76.3 Å². The van der Waals surface area contributed by atoms with Crippen molar-refractivity contribution in [2.45, 2.75) is 19.9 Å². The average Bonchev–Trinajstić information content (AvgIpc) is 3.28. The number of aliphatic imine (C=N–C) groups is 1. The third-order valence-electron chi connectivity index (χ3n) is 4.32. The summed E-state index contributed by atoms with van der Waals surface area (Å²) < 4.78 is 18.4. The number of carbonyl (C=O) groups excluding carboxylic acids is 1. The number of anilines is 1. The van der Waals surface area contributed by atoms with Gasteiger partial charge in [-0.25, -0.2) is 9.38 Å². The van der Waals surface area contributed by atoms with Crippen molar-refractivity contribution in [1.82, 2.24) is 10.6 Å². The monoisotopic (exact) mass is 408 g/mol. The highest BCUT2D eigenvalue weighted by molar-refractivity contribution is 6.02. The molecule has 0 saturated carbocycles. The number of furan rings is 1. The molecule has 0 aliphatic carbocycles. The van der Waals surface area contributed by atoms with Crippen LogP contribution >= 0.6 is 0 Å². The van der Waals surface area contributed by atoms with Crippen LogP contribution in [0.2, 0.25) is 0 Å². The predicted octanol–water partition coefficient (Wildman–Crippen LogP) is 3.97. The Hall–Kier alpha value is -3.61. The summed E-state index contributed by atoms with van der Waals surface area (Å²) in [6.07, 6.45) is 2.16. The lowest BCUT2D eigenvalue weighted by Gasteiger charge is -2.11. The molecule has 0 unspecified atom stereocenters. The Bertz CT molecular complexity index is 969. The Balaban J connectivity index is 1.51. The zero-order valence-corrected chi connectivity index (χ0v) is 16.8. The van der Waals surface area contributed by atoms with Gasteiger partial charge < -0.3 is 20.4 Å². The van der Waals surface area contributed by atoms with Crippen molar-refractivity contribution in [3.05, 3.63) is 89.6 Å². The maximum absolute atomic E-state index is 13.3. The number of amides is 1. The van der Waals surface area contributed by atoms with Crippen LogP contribution in [0.25, 0.3) is 0 Å². The summed E-state index contributed by atoms with van der Waals surface area (Å²) in [6.45, 7) is 3.87. The number of carbonyl (C=O) groups is 1. The third-order valence-corrected chi connectivity index (χ3v) is 4.32. The normalized spacial score (nSPS) is 11.2. The van der Waals surface area contributed by atoms with Gasteiger partial charge in [-0.2, -0.15) is 0 Å². The Labute approximate surface area is 175 Å². The summed E-state index contributed by atoms with van der Waals surface area (Å²) in [7, 11) is 0. The maximum atomic E-state index is 13.3. The standard InChI is InChI=1S/C23H25FN4O2/c1-2-25-23(26-13-12-17-5-3-6-19(24)15-17)27-16-18-8-10-20(11-9-18)28-22(29)21-7-4-14-30-21/h3-11,14-15H,2,12-13,16H2,1H3,(H,28,29)(H2,25,26,27). The van der Waals surface area contributed by atoms with Gasteiger partial charge in [0.25, 0.3) is 5.91 Å². The van der Waals surface area contributed by atoms with E-state index >= 15 is 0 Å². The predicted molar refractivity (Wildman–Crippen MR) is 116 cm³/mol. The van der Waals surface area contributed by atoms with Gasteiger partial charge in [0, 0.05) is 18.8 Å². The van der Waals surface area contributed by atoms with E-state index in [-0.39, 0.29) is 17.5 Å². The molecule has 0 bridgehead atoms. The minimum atomic E-state index is -0.289. The minimum Gasteiger partial charge on any atom is -0.459 e. The molecular weight excluding hydrogens is 383 g/mol. The van der Waals surface area contributed by atoms with Gasteiger partial charge in [-0.15, -0.1) is 0 Å². The molecule has 3 aromatic rings. The van der Waals surface area contributed by atoms with Crippen LogP contribution in [0.5, 0.6) is 0 Å². The number of halogens is 1. The van der Waals surface area contributed by atoms with Gasteiger partial charge in [-0.1, -0.05) is 24.3 Å². The van der Waals surface area contributed by atoms with Crippen LogP contribution in [0.1, 0.15) is 28.6 Å². The molecule has 3 rings (SSSR count). The van der Waals surface area contributed by atoms with Gasteiger partial charge in [-0.05, 0) is 60.9 Å². The van der Waals surface area contributed by atoms with Gasteiger partial charge >= 0.3 is 0 Å². The number of guanidine groups is 1. The first-order valence-electron chi connectivity index (χ1n) is 9.84. The average molecular weight is 408 g/mol. The zero-order chi connectivity index (χ0) is 21.2. The molecule has 0 fully saturated rings. The summed E-state index contributed by atoms with van der Waals surface area (Å²) in [4.78, 5) is 16.6. The molecule has 1 heterocycles. The van der Waals surface area contributed by atoms with E-state index < -0.39 is 0 Å². The second-order valence-corrected chi connectivity index (χ2v) is 6.63. The fourth-order valence-electron chi connectivity index (χ4n) is 2.82. The molecule has 2 aromatic carbocycles. The van der Waals surface area contributed by atoms with E-state index in [2.05, 4.69) is 20.9 Å². The van der Waals surface area contributed by atoms with Crippen LogP contribution in [0.4, 0.5) is 10.1 Å². The number of hydrogen-bond acceptors (Lipinski definition) is 3. The van der Waals surface area contributed by atoms with Crippen LogP contribution in [-0.2, 0) is 13.0 Å². The summed E-state index contributed by atoms with van der Waals surface area (Å²) in [5.74, 6) is 0.451. The topological polar surface area (TPSA) is 78.7 Å². The molecule has 0 atom stereocenters. The first kappa shape index (κ1) is 21.1. The van der Waals surface area contributed by atoms with E-state index in [4.69, 9.17) is 4.42 Å². The summed E-state index contributed by atoms with van der Waals surface area (Å²) >= 11 is 0. The molecule has 7 heteroatoms. The van der Waals surface area contributed by atoms with Crippen molar-refractivity contribution in [1.29, 1.82) is 0 Å². The minimum absolute atomic E-state index is 0.225. The van der Waals surface area contributed by atoms with E-state index in [0.717, 1.165) is 17.7 Å². The molecule has 6 nitrogen and oxygen atoms in total. The van der Waals surface area contributed by atoms with Crippen molar-refractivity contribution in [3.8, 4) is 0 Å². The molecule has 1 aromatic heterocycles. The van der Waals surface area contributed by atoms with E-state index in [1.807, 2.05) is 37.3 Å². The summed E-state index contributed by atoms with van der Waals surface area (Å²) in [6, 6.07) is 17.4. The molecule has 0 aliphatic rings. The number of benzene rings is 2. The lowest BCUT2D eigenvalue weighted by molar-refractivity contribution is 0.0996. The lowest BCUT2D eigenvalue weighted by atomic mass is 10.1. The molecule has 30 heavy (non-hydrogen) atoms. The van der Waals surface area contributed by atoms with Crippen LogP contribution < -0.4 is 16.0 Å². The molecule has 0 saturated heterocycles. The maximum Gasteiger partial charge on any atom is 0.291 e. The van der Waals surface area contributed by atoms with Gasteiger partial charge in [0.05, 0.1) is 12.8 Å². The van der Waals surface area contributed by atoms with Crippen LogP contribution in [0.3, 0.4) is 0 Å². The highest BCUT2D eigenvalue weighted by Gasteiger charge is 2.08. The number of rotatable bonds is 8. The number of nitrogens with zero attached hydrogens (tertiary/aromatic N) is 1. The molecule has 0 radical (unpaired) electrons. The first-order chi connectivity index (χ1) is 14.6. The quantitative estimate of drug-likeness (QED) is 0.389. The second-order valence-electron chi connectivity index (χ2n) is 6.63. The number of nitrogens with one attached hydrogen (secondary N) is 3. The number of hydrogen-bond donors (Lipinski definition) is 3. The summed E-state index contributed by atoms with van der Waals surface area (Å²) in [5, 5.41) is 9.25. The molecule has 156 valence electrons. The molecule has 0 aliphatic heterocycles.